The van der Waals surface area contributed by atoms with Crippen molar-refractivity contribution in [2.45, 2.75) is 52.0 Å². The van der Waals surface area contributed by atoms with Crippen molar-refractivity contribution < 1.29 is 4.79 Å². The first-order valence-electron chi connectivity index (χ1n) is 6.84. The van der Waals surface area contributed by atoms with Gasteiger partial charge in [0.15, 0.2) is 0 Å². The van der Waals surface area contributed by atoms with E-state index in [-0.39, 0.29) is 5.91 Å². The minimum Gasteiger partial charge on any atom is -0.353 e. The zero-order valence-electron chi connectivity index (χ0n) is 11.3. The van der Waals surface area contributed by atoms with E-state index in [1.165, 1.54) is 12.8 Å². The molecule has 0 saturated heterocycles. The lowest BCUT2D eigenvalue weighted by atomic mass is 9.87. The first kappa shape index (κ1) is 13.1. The molecule has 0 aliphatic heterocycles. The molecule has 98 valence electrons. The summed E-state index contributed by atoms with van der Waals surface area (Å²) in [4.78, 5) is 16.1. The fourth-order valence-electron chi connectivity index (χ4n) is 2.58. The van der Waals surface area contributed by atoms with Gasteiger partial charge in [0.1, 0.15) is 0 Å². The molecule has 1 aromatic rings. The molecule has 18 heavy (non-hydrogen) atoms. The van der Waals surface area contributed by atoms with Crippen molar-refractivity contribution in [3.8, 4) is 0 Å². The number of aryl methyl sites for hydroxylation is 1. The Morgan fingerprint density at radius 2 is 2.11 bits per heavy atom. The number of nitrogens with one attached hydrogen (secondary N) is 1. The SMILES string of the molecule is Cc1cc(CC(=O)NC2CCC(C)CC2)ccn1. The largest absolute Gasteiger partial charge is 0.353 e. The average Bonchev–Trinajstić information content (AvgIpc) is 2.32. The van der Waals surface area contributed by atoms with E-state index in [0.717, 1.165) is 30.0 Å². The molecule has 3 nitrogen and oxygen atoms in total. The van der Waals surface area contributed by atoms with Gasteiger partial charge in [0, 0.05) is 17.9 Å². The summed E-state index contributed by atoms with van der Waals surface area (Å²) < 4.78 is 0. The number of carbonyl (C=O) groups is 1. The van der Waals surface area contributed by atoms with Crippen molar-refractivity contribution in [2.75, 3.05) is 0 Å². The molecular weight excluding hydrogens is 224 g/mol. The standard InChI is InChI=1S/C15H22N2O/c1-11-3-5-14(6-4-11)17-15(18)10-13-7-8-16-12(2)9-13/h7-9,11,14H,3-6,10H2,1-2H3,(H,17,18). The Bertz CT molecular complexity index is 409. The van der Waals surface area contributed by atoms with Gasteiger partial charge in [0.25, 0.3) is 0 Å². The van der Waals surface area contributed by atoms with Crippen molar-refractivity contribution in [3.05, 3.63) is 29.6 Å². The van der Waals surface area contributed by atoms with E-state index in [0.29, 0.717) is 12.5 Å². The summed E-state index contributed by atoms with van der Waals surface area (Å²) >= 11 is 0. The number of nitrogens with zero attached hydrogens (tertiary/aromatic N) is 1. The van der Waals surface area contributed by atoms with Gasteiger partial charge in [-0.25, -0.2) is 0 Å². The quantitative estimate of drug-likeness (QED) is 0.890. The molecule has 1 saturated carbocycles. The molecule has 1 aliphatic rings. The molecule has 0 atom stereocenters. The number of aromatic nitrogens is 1. The highest BCUT2D eigenvalue weighted by Crippen LogP contribution is 2.23. The molecule has 1 amide bonds. The monoisotopic (exact) mass is 246 g/mol. The Labute approximate surface area is 109 Å². The number of rotatable bonds is 3. The molecule has 0 radical (unpaired) electrons. The number of hydrogen-bond donors (Lipinski definition) is 1. The molecule has 1 heterocycles. The zero-order chi connectivity index (χ0) is 13.0. The number of carbonyl (C=O) groups excluding carboxylic acids is 1. The van der Waals surface area contributed by atoms with Crippen LogP contribution in [-0.2, 0) is 11.2 Å². The highest BCUT2D eigenvalue weighted by molar-refractivity contribution is 5.78. The number of hydrogen-bond acceptors (Lipinski definition) is 2. The molecule has 2 rings (SSSR count). The Morgan fingerprint density at radius 1 is 1.39 bits per heavy atom. The second-order valence-electron chi connectivity index (χ2n) is 5.51. The van der Waals surface area contributed by atoms with E-state index in [4.69, 9.17) is 0 Å². The molecule has 1 fully saturated rings. The summed E-state index contributed by atoms with van der Waals surface area (Å²) in [6.45, 7) is 4.24. The van der Waals surface area contributed by atoms with E-state index in [2.05, 4.69) is 17.2 Å². The first-order valence-corrected chi connectivity index (χ1v) is 6.84. The van der Waals surface area contributed by atoms with Crippen molar-refractivity contribution in [2.24, 2.45) is 5.92 Å². The summed E-state index contributed by atoms with van der Waals surface area (Å²) in [7, 11) is 0. The summed E-state index contributed by atoms with van der Waals surface area (Å²) in [5, 5.41) is 3.15. The maximum Gasteiger partial charge on any atom is 0.224 e. The van der Waals surface area contributed by atoms with E-state index >= 15 is 0 Å². The average molecular weight is 246 g/mol. The minimum atomic E-state index is 0.139. The van der Waals surface area contributed by atoms with Crippen molar-refractivity contribution in [1.29, 1.82) is 0 Å². The summed E-state index contributed by atoms with van der Waals surface area (Å²) in [5.74, 6) is 0.959. The van der Waals surface area contributed by atoms with E-state index < -0.39 is 0 Å². The summed E-state index contributed by atoms with van der Waals surface area (Å²) in [5.41, 5.74) is 2.01. The van der Waals surface area contributed by atoms with Gasteiger partial charge in [-0.1, -0.05) is 6.92 Å². The molecule has 1 aromatic heterocycles. The molecule has 1 N–H and O–H groups in total. The van der Waals surface area contributed by atoms with Crippen molar-refractivity contribution >= 4 is 5.91 Å². The summed E-state index contributed by atoms with van der Waals surface area (Å²) in [6.07, 6.45) is 6.96. The smallest absolute Gasteiger partial charge is 0.224 e. The van der Waals surface area contributed by atoms with Crippen LogP contribution in [0, 0.1) is 12.8 Å². The van der Waals surface area contributed by atoms with Crippen LogP contribution in [0.4, 0.5) is 0 Å². The third kappa shape index (κ3) is 3.83. The molecule has 0 spiro atoms. The van der Waals surface area contributed by atoms with Gasteiger partial charge in [0.05, 0.1) is 6.42 Å². The van der Waals surface area contributed by atoms with Crippen LogP contribution in [0.25, 0.3) is 0 Å². The number of pyridine rings is 1. The fraction of sp³-hybridized carbons (Fsp3) is 0.600. The van der Waals surface area contributed by atoms with Crippen LogP contribution in [0.2, 0.25) is 0 Å². The second-order valence-corrected chi connectivity index (χ2v) is 5.51. The summed E-state index contributed by atoms with van der Waals surface area (Å²) in [6, 6.07) is 4.27. The highest BCUT2D eigenvalue weighted by Gasteiger charge is 2.19. The van der Waals surface area contributed by atoms with E-state index in [9.17, 15) is 4.79 Å². The lowest BCUT2D eigenvalue weighted by molar-refractivity contribution is -0.121. The Balaban J connectivity index is 1.82. The fourth-order valence-corrected chi connectivity index (χ4v) is 2.58. The minimum absolute atomic E-state index is 0.139. The molecule has 0 aromatic carbocycles. The third-order valence-electron chi connectivity index (χ3n) is 3.71. The molecule has 1 aliphatic carbocycles. The van der Waals surface area contributed by atoms with Gasteiger partial charge < -0.3 is 5.32 Å². The van der Waals surface area contributed by atoms with Gasteiger partial charge in [-0.15, -0.1) is 0 Å². The lowest BCUT2D eigenvalue weighted by Crippen LogP contribution is -2.38. The van der Waals surface area contributed by atoms with Crippen LogP contribution >= 0.6 is 0 Å². The van der Waals surface area contributed by atoms with Crippen LogP contribution < -0.4 is 5.32 Å². The maximum atomic E-state index is 11.9. The lowest BCUT2D eigenvalue weighted by Gasteiger charge is -2.26. The van der Waals surface area contributed by atoms with Crippen LogP contribution in [0.15, 0.2) is 18.3 Å². The predicted octanol–water partition coefficient (Wildman–Crippen LogP) is 2.63. The Morgan fingerprint density at radius 3 is 2.78 bits per heavy atom. The van der Waals surface area contributed by atoms with Gasteiger partial charge in [0.2, 0.25) is 5.91 Å². The van der Waals surface area contributed by atoms with E-state index in [1.54, 1.807) is 6.20 Å². The first-order chi connectivity index (χ1) is 8.63. The van der Waals surface area contributed by atoms with Gasteiger partial charge >= 0.3 is 0 Å². The molecule has 0 bridgehead atoms. The maximum absolute atomic E-state index is 11.9. The topological polar surface area (TPSA) is 42.0 Å². The van der Waals surface area contributed by atoms with Gasteiger partial charge in [-0.05, 0) is 56.2 Å². The van der Waals surface area contributed by atoms with E-state index in [1.807, 2.05) is 19.1 Å². The van der Waals surface area contributed by atoms with Gasteiger partial charge in [-0.2, -0.15) is 0 Å². The van der Waals surface area contributed by atoms with Crippen LogP contribution in [0.5, 0.6) is 0 Å². The van der Waals surface area contributed by atoms with Crippen LogP contribution in [-0.4, -0.2) is 16.9 Å². The molecular formula is C15H22N2O. The normalized spacial score (nSPS) is 23.7. The van der Waals surface area contributed by atoms with Crippen molar-refractivity contribution in [1.82, 2.24) is 10.3 Å². The predicted molar refractivity (Wildman–Crippen MR) is 72.2 cm³/mol. The van der Waals surface area contributed by atoms with Crippen LogP contribution in [0.1, 0.15) is 43.9 Å². The second kappa shape index (κ2) is 5.98. The highest BCUT2D eigenvalue weighted by atomic mass is 16.1. The van der Waals surface area contributed by atoms with Gasteiger partial charge in [-0.3, -0.25) is 9.78 Å². The molecule has 0 unspecified atom stereocenters. The zero-order valence-corrected chi connectivity index (χ0v) is 11.3. The number of amides is 1. The third-order valence-corrected chi connectivity index (χ3v) is 3.71. The van der Waals surface area contributed by atoms with Crippen molar-refractivity contribution in [3.63, 3.8) is 0 Å². The Kier molecular flexibility index (Phi) is 4.34. The molecule has 3 heteroatoms. The van der Waals surface area contributed by atoms with Crippen LogP contribution in [0.3, 0.4) is 0 Å². The Hall–Kier alpha value is -1.38.